The Balaban J connectivity index is 2.54. The van der Waals surface area contributed by atoms with Crippen LogP contribution in [-0.4, -0.2) is 31.2 Å². The lowest BCUT2D eigenvalue weighted by Gasteiger charge is -2.20. The third kappa shape index (κ3) is 5.52. The molecule has 0 atom stereocenters. The van der Waals surface area contributed by atoms with Crippen molar-refractivity contribution in [2.45, 2.75) is 26.2 Å². The molecular weight excluding hydrogens is 249 g/mol. The molecule has 98 valence electrons. The molecule has 0 radical (unpaired) electrons. The second kappa shape index (κ2) is 6.37. The van der Waals surface area contributed by atoms with E-state index in [1.54, 1.807) is 18.3 Å². The van der Waals surface area contributed by atoms with Crippen molar-refractivity contribution in [1.82, 2.24) is 10.2 Å². The molecule has 0 bridgehead atoms. The minimum Gasteiger partial charge on any atom is -0.315 e. The summed E-state index contributed by atoms with van der Waals surface area (Å²) < 4.78 is 36.8. The van der Waals surface area contributed by atoms with Gasteiger partial charge in [-0.3, -0.25) is 4.90 Å². The van der Waals surface area contributed by atoms with Crippen molar-refractivity contribution in [3.05, 3.63) is 21.9 Å². The highest BCUT2D eigenvalue weighted by Crippen LogP contribution is 2.21. The number of hydrogen-bond donors (Lipinski definition) is 1. The molecule has 1 rings (SSSR count). The van der Waals surface area contributed by atoms with Crippen LogP contribution in [0.2, 0.25) is 0 Å². The molecule has 6 heteroatoms. The van der Waals surface area contributed by atoms with Crippen molar-refractivity contribution in [1.29, 1.82) is 0 Å². The Morgan fingerprint density at radius 2 is 1.94 bits per heavy atom. The molecule has 2 nitrogen and oxygen atoms in total. The van der Waals surface area contributed by atoms with Crippen LogP contribution < -0.4 is 5.32 Å². The van der Waals surface area contributed by atoms with E-state index in [0.29, 0.717) is 13.1 Å². The number of alkyl halides is 3. The molecular formula is C11H17F3N2S. The van der Waals surface area contributed by atoms with Gasteiger partial charge in [-0.2, -0.15) is 13.2 Å². The SMILES string of the molecule is CCN(Cc1ccc(CNC)s1)CC(F)(F)F. The maximum atomic E-state index is 12.3. The zero-order chi connectivity index (χ0) is 12.9. The molecule has 0 aliphatic carbocycles. The van der Waals surface area contributed by atoms with Gasteiger partial charge in [0.1, 0.15) is 0 Å². The summed E-state index contributed by atoms with van der Waals surface area (Å²) in [6, 6.07) is 3.86. The second-order valence-corrected chi connectivity index (χ2v) is 5.07. The predicted octanol–water partition coefficient (Wildman–Crippen LogP) is 2.85. The average Bonchev–Trinajstić information content (AvgIpc) is 2.63. The summed E-state index contributed by atoms with van der Waals surface area (Å²) in [4.78, 5) is 3.52. The van der Waals surface area contributed by atoms with E-state index in [9.17, 15) is 13.2 Å². The van der Waals surface area contributed by atoms with Gasteiger partial charge in [-0.25, -0.2) is 0 Å². The normalized spacial score (nSPS) is 12.4. The molecule has 0 spiro atoms. The highest BCUT2D eigenvalue weighted by Gasteiger charge is 2.30. The van der Waals surface area contributed by atoms with Crippen LogP contribution in [0.15, 0.2) is 12.1 Å². The summed E-state index contributed by atoms with van der Waals surface area (Å²) in [6.07, 6.45) is -4.12. The highest BCUT2D eigenvalue weighted by molar-refractivity contribution is 7.11. The van der Waals surface area contributed by atoms with Gasteiger partial charge in [0, 0.05) is 22.8 Å². The summed E-state index contributed by atoms with van der Waals surface area (Å²) in [5, 5.41) is 3.02. The van der Waals surface area contributed by atoms with Crippen LogP contribution in [0.3, 0.4) is 0 Å². The Hall–Kier alpha value is -0.590. The predicted molar refractivity (Wildman–Crippen MR) is 64.1 cm³/mol. The Bertz CT molecular complexity index is 336. The van der Waals surface area contributed by atoms with Crippen LogP contribution in [0.25, 0.3) is 0 Å². The minimum absolute atomic E-state index is 0.365. The third-order valence-electron chi connectivity index (χ3n) is 2.30. The third-order valence-corrected chi connectivity index (χ3v) is 3.37. The van der Waals surface area contributed by atoms with E-state index in [0.717, 1.165) is 16.3 Å². The lowest BCUT2D eigenvalue weighted by molar-refractivity contribution is -0.146. The maximum absolute atomic E-state index is 12.3. The Kier molecular flexibility index (Phi) is 5.42. The standard InChI is InChI=1S/C11H17F3N2S/c1-3-16(8-11(12,13)14)7-10-5-4-9(17-10)6-15-2/h4-5,15H,3,6-8H2,1-2H3. The number of hydrogen-bond acceptors (Lipinski definition) is 3. The van der Waals surface area contributed by atoms with Gasteiger partial charge in [-0.05, 0) is 25.7 Å². The highest BCUT2D eigenvalue weighted by atomic mass is 32.1. The Labute approximate surface area is 103 Å². The zero-order valence-corrected chi connectivity index (χ0v) is 10.8. The van der Waals surface area contributed by atoms with Crippen LogP contribution in [0, 0.1) is 0 Å². The number of nitrogens with one attached hydrogen (secondary N) is 1. The van der Waals surface area contributed by atoms with Crippen molar-refractivity contribution in [3.63, 3.8) is 0 Å². The van der Waals surface area contributed by atoms with E-state index < -0.39 is 12.7 Å². The Morgan fingerprint density at radius 1 is 1.29 bits per heavy atom. The van der Waals surface area contributed by atoms with Gasteiger partial charge < -0.3 is 5.32 Å². The van der Waals surface area contributed by atoms with Crippen molar-refractivity contribution >= 4 is 11.3 Å². The van der Waals surface area contributed by atoms with E-state index in [1.807, 2.05) is 19.2 Å². The fourth-order valence-electron chi connectivity index (χ4n) is 1.53. The van der Waals surface area contributed by atoms with Crippen LogP contribution >= 0.6 is 11.3 Å². The summed E-state index contributed by atoms with van der Waals surface area (Å²) in [5.41, 5.74) is 0. The molecule has 0 amide bonds. The summed E-state index contributed by atoms with van der Waals surface area (Å²) in [6.45, 7) is 2.43. The lowest BCUT2D eigenvalue weighted by atomic mass is 10.3. The molecule has 1 aromatic rings. The van der Waals surface area contributed by atoms with E-state index >= 15 is 0 Å². The van der Waals surface area contributed by atoms with Gasteiger partial charge in [0.25, 0.3) is 0 Å². The van der Waals surface area contributed by atoms with Crippen molar-refractivity contribution in [2.24, 2.45) is 0 Å². The Morgan fingerprint density at radius 3 is 2.47 bits per heavy atom. The van der Waals surface area contributed by atoms with E-state index in [1.165, 1.54) is 4.90 Å². The smallest absolute Gasteiger partial charge is 0.315 e. The van der Waals surface area contributed by atoms with Gasteiger partial charge in [0.2, 0.25) is 0 Å². The molecule has 0 saturated heterocycles. The molecule has 0 saturated carbocycles. The van der Waals surface area contributed by atoms with Crippen molar-refractivity contribution in [2.75, 3.05) is 20.1 Å². The summed E-state index contributed by atoms with van der Waals surface area (Å²) in [5.74, 6) is 0. The first kappa shape index (κ1) is 14.5. The van der Waals surface area contributed by atoms with Gasteiger partial charge in [0.05, 0.1) is 6.54 Å². The summed E-state index contributed by atoms with van der Waals surface area (Å²) >= 11 is 1.56. The molecule has 0 aliphatic heterocycles. The monoisotopic (exact) mass is 266 g/mol. The minimum atomic E-state index is -4.12. The first-order valence-electron chi connectivity index (χ1n) is 5.46. The van der Waals surface area contributed by atoms with E-state index in [4.69, 9.17) is 0 Å². The molecule has 0 fully saturated rings. The molecule has 0 unspecified atom stereocenters. The number of thiophene rings is 1. The maximum Gasteiger partial charge on any atom is 0.401 e. The molecule has 0 aliphatic rings. The fraction of sp³-hybridized carbons (Fsp3) is 0.636. The van der Waals surface area contributed by atoms with E-state index in [-0.39, 0.29) is 0 Å². The second-order valence-electron chi connectivity index (χ2n) is 3.82. The first-order chi connectivity index (χ1) is 7.94. The van der Waals surface area contributed by atoms with Gasteiger partial charge in [0.15, 0.2) is 0 Å². The molecule has 17 heavy (non-hydrogen) atoms. The molecule has 1 aromatic heterocycles. The topological polar surface area (TPSA) is 15.3 Å². The van der Waals surface area contributed by atoms with Gasteiger partial charge in [-0.1, -0.05) is 6.92 Å². The first-order valence-corrected chi connectivity index (χ1v) is 6.27. The van der Waals surface area contributed by atoms with Crippen LogP contribution in [-0.2, 0) is 13.1 Å². The number of halogens is 3. The fourth-order valence-corrected chi connectivity index (χ4v) is 2.60. The van der Waals surface area contributed by atoms with Crippen molar-refractivity contribution in [3.8, 4) is 0 Å². The number of nitrogens with zero attached hydrogens (tertiary/aromatic N) is 1. The van der Waals surface area contributed by atoms with E-state index in [2.05, 4.69) is 5.32 Å². The zero-order valence-electron chi connectivity index (χ0n) is 9.97. The largest absolute Gasteiger partial charge is 0.401 e. The van der Waals surface area contributed by atoms with Crippen LogP contribution in [0.1, 0.15) is 16.7 Å². The quantitative estimate of drug-likeness (QED) is 0.851. The summed E-state index contributed by atoms with van der Waals surface area (Å²) in [7, 11) is 1.85. The molecule has 1 N–H and O–H groups in total. The molecule has 0 aromatic carbocycles. The molecule has 1 heterocycles. The van der Waals surface area contributed by atoms with Crippen LogP contribution in [0.4, 0.5) is 13.2 Å². The van der Waals surface area contributed by atoms with Crippen LogP contribution in [0.5, 0.6) is 0 Å². The lowest BCUT2D eigenvalue weighted by Crippen LogP contribution is -2.33. The van der Waals surface area contributed by atoms with Gasteiger partial charge >= 0.3 is 6.18 Å². The van der Waals surface area contributed by atoms with Crippen molar-refractivity contribution < 1.29 is 13.2 Å². The van der Waals surface area contributed by atoms with Gasteiger partial charge in [-0.15, -0.1) is 11.3 Å². The number of rotatable bonds is 6. The average molecular weight is 266 g/mol.